The summed E-state index contributed by atoms with van der Waals surface area (Å²) in [4.78, 5) is 22.2. The van der Waals surface area contributed by atoms with E-state index in [1.54, 1.807) is 0 Å². The van der Waals surface area contributed by atoms with Crippen molar-refractivity contribution in [2.45, 2.75) is 43.2 Å². The number of amides is 1. The van der Waals surface area contributed by atoms with E-state index in [1.165, 1.54) is 35.6 Å². The number of hydrogen-bond donors (Lipinski definition) is 1. The van der Waals surface area contributed by atoms with Gasteiger partial charge in [-0.2, -0.15) is 4.31 Å². The summed E-state index contributed by atoms with van der Waals surface area (Å²) in [6.07, 6.45) is 2.22. The van der Waals surface area contributed by atoms with E-state index in [1.807, 2.05) is 30.3 Å². The van der Waals surface area contributed by atoms with Crippen LogP contribution in [0.5, 0.6) is 0 Å². The summed E-state index contributed by atoms with van der Waals surface area (Å²) in [5, 5.41) is 14.0. The highest BCUT2D eigenvalue weighted by Gasteiger charge is 2.35. The Labute approximate surface area is 187 Å². The molecule has 1 aliphatic carbocycles. The van der Waals surface area contributed by atoms with Crippen LogP contribution in [0, 0.1) is 16.0 Å². The van der Waals surface area contributed by atoms with E-state index in [4.69, 9.17) is 4.74 Å². The minimum atomic E-state index is -3.99. The first-order valence-electron chi connectivity index (χ1n) is 10.4. The Morgan fingerprint density at radius 2 is 1.72 bits per heavy atom. The SMILES string of the molecule is CN([C@H]1CC[C@@H](CNC(=O)OCc2ccccc2)CC1)S(=O)(=O)c1ccccc1[N+](=O)[O-]. The first-order chi connectivity index (χ1) is 15.3. The topological polar surface area (TPSA) is 119 Å². The lowest BCUT2D eigenvalue weighted by atomic mass is 9.86. The molecule has 0 spiro atoms. The van der Waals surface area contributed by atoms with Crippen LogP contribution in [0.4, 0.5) is 10.5 Å². The molecule has 0 unspecified atom stereocenters. The molecular weight excluding hydrogens is 434 g/mol. The smallest absolute Gasteiger partial charge is 0.407 e. The number of alkyl carbamates (subject to hydrolysis) is 1. The molecule has 2 aromatic rings. The van der Waals surface area contributed by atoms with Crippen LogP contribution in [0.2, 0.25) is 0 Å². The van der Waals surface area contributed by atoms with Crippen LogP contribution in [0.15, 0.2) is 59.5 Å². The zero-order valence-corrected chi connectivity index (χ0v) is 18.7. The van der Waals surface area contributed by atoms with E-state index >= 15 is 0 Å². The molecule has 1 aliphatic rings. The molecule has 9 nitrogen and oxygen atoms in total. The number of carbonyl (C=O) groups excluding carboxylic acids is 1. The number of carbonyl (C=O) groups is 1. The van der Waals surface area contributed by atoms with Crippen molar-refractivity contribution >= 4 is 21.8 Å². The maximum atomic E-state index is 13.0. The van der Waals surface area contributed by atoms with Crippen LogP contribution in [0.3, 0.4) is 0 Å². The second-order valence-electron chi connectivity index (χ2n) is 7.86. The van der Waals surface area contributed by atoms with Crippen LogP contribution in [0.25, 0.3) is 0 Å². The van der Waals surface area contributed by atoms with Crippen molar-refractivity contribution in [2.24, 2.45) is 5.92 Å². The lowest BCUT2D eigenvalue weighted by molar-refractivity contribution is -0.387. The van der Waals surface area contributed by atoms with Gasteiger partial charge in [0, 0.05) is 25.7 Å². The lowest BCUT2D eigenvalue weighted by Gasteiger charge is -2.33. The normalized spacial score (nSPS) is 18.8. The minimum Gasteiger partial charge on any atom is -0.445 e. The molecule has 1 N–H and O–H groups in total. The first kappa shape index (κ1) is 23.7. The second-order valence-corrected chi connectivity index (χ2v) is 9.83. The summed E-state index contributed by atoms with van der Waals surface area (Å²) in [6, 6.07) is 14.5. The quantitative estimate of drug-likeness (QED) is 0.473. The van der Waals surface area contributed by atoms with E-state index in [0.717, 1.165) is 18.4 Å². The molecule has 0 aromatic heterocycles. The molecule has 0 aliphatic heterocycles. The Morgan fingerprint density at radius 3 is 2.38 bits per heavy atom. The molecule has 172 valence electrons. The lowest BCUT2D eigenvalue weighted by Crippen LogP contribution is -2.41. The zero-order valence-electron chi connectivity index (χ0n) is 17.8. The highest BCUT2D eigenvalue weighted by molar-refractivity contribution is 7.89. The predicted octanol–water partition coefficient (Wildman–Crippen LogP) is 3.70. The molecule has 32 heavy (non-hydrogen) atoms. The number of benzene rings is 2. The minimum absolute atomic E-state index is 0.202. The summed E-state index contributed by atoms with van der Waals surface area (Å²) in [7, 11) is -2.52. The Bertz CT molecular complexity index is 1040. The fourth-order valence-corrected chi connectivity index (χ4v) is 5.46. The van der Waals surface area contributed by atoms with Gasteiger partial charge in [-0.1, -0.05) is 42.5 Å². The standard InChI is InChI=1S/C22H27N3O6S/c1-24(32(29,30)21-10-6-5-9-20(21)25(27)28)19-13-11-17(12-14-19)15-23-22(26)31-16-18-7-3-2-4-8-18/h2-10,17,19H,11-16H2,1H3,(H,23,26)/t17-,19+. The Hall–Kier alpha value is -2.98. The third kappa shape index (κ3) is 5.83. The van der Waals surface area contributed by atoms with E-state index in [9.17, 15) is 23.3 Å². The van der Waals surface area contributed by atoms with Crippen molar-refractivity contribution in [3.63, 3.8) is 0 Å². The van der Waals surface area contributed by atoms with Crippen LogP contribution < -0.4 is 5.32 Å². The summed E-state index contributed by atoms with van der Waals surface area (Å²) >= 11 is 0. The summed E-state index contributed by atoms with van der Waals surface area (Å²) in [6.45, 7) is 0.661. The molecular formula is C22H27N3O6S. The van der Waals surface area contributed by atoms with Gasteiger partial charge >= 0.3 is 6.09 Å². The van der Waals surface area contributed by atoms with Gasteiger partial charge in [0.05, 0.1) is 4.92 Å². The van der Waals surface area contributed by atoms with Crippen molar-refractivity contribution < 1.29 is 22.9 Å². The molecule has 3 rings (SSSR count). The van der Waals surface area contributed by atoms with Gasteiger partial charge in [0.15, 0.2) is 4.90 Å². The molecule has 1 amide bonds. The number of nitrogens with zero attached hydrogens (tertiary/aromatic N) is 2. The molecule has 10 heteroatoms. The van der Waals surface area contributed by atoms with Gasteiger partial charge < -0.3 is 10.1 Å². The predicted molar refractivity (Wildman–Crippen MR) is 118 cm³/mol. The summed E-state index contributed by atoms with van der Waals surface area (Å²) < 4.78 is 32.4. The van der Waals surface area contributed by atoms with Crippen molar-refractivity contribution in [2.75, 3.05) is 13.6 Å². The van der Waals surface area contributed by atoms with Gasteiger partial charge in [0.1, 0.15) is 6.61 Å². The number of sulfonamides is 1. The fraction of sp³-hybridized carbons (Fsp3) is 0.409. The average Bonchev–Trinajstić information content (AvgIpc) is 2.82. The Kier molecular flexibility index (Phi) is 7.81. The number of hydrogen-bond acceptors (Lipinski definition) is 6. The fourth-order valence-electron chi connectivity index (χ4n) is 3.89. The van der Waals surface area contributed by atoms with Gasteiger partial charge in [0.2, 0.25) is 10.0 Å². The maximum absolute atomic E-state index is 13.0. The Morgan fingerprint density at radius 1 is 1.09 bits per heavy atom. The largest absolute Gasteiger partial charge is 0.445 e. The van der Waals surface area contributed by atoms with Crippen molar-refractivity contribution in [1.29, 1.82) is 0 Å². The number of nitrogens with one attached hydrogen (secondary N) is 1. The van der Waals surface area contributed by atoms with Crippen LogP contribution >= 0.6 is 0 Å². The molecule has 0 saturated heterocycles. The van der Waals surface area contributed by atoms with Gasteiger partial charge in [-0.3, -0.25) is 10.1 Å². The molecule has 2 aromatic carbocycles. The van der Waals surface area contributed by atoms with Crippen LogP contribution in [-0.4, -0.2) is 43.4 Å². The van der Waals surface area contributed by atoms with Crippen LogP contribution in [0.1, 0.15) is 31.2 Å². The summed E-state index contributed by atoms with van der Waals surface area (Å²) in [5.41, 5.74) is 0.484. The van der Waals surface area contributed by atoms with Crippen LogP contribution in [-0.2, 0) is 21.4 Å². The van der Waals surface area contributed by atoms with Crippen molar-refractivity contribution in [1.82, 2.24) is 9.62 Å². The monoisotopic (exact) mass is 461 g/mol. The molecule has 0 atom stereocenters. The van der Waals surface area contributed by atoms with Crippen molar-refractivity contribution in [3.05, 3.63) is 70.3 Å². The zero-order chi connectivity index (χ0) is 23.1. The number of ether oxygens (including phenoxy) is 1. The summed E-state index contributed by atoms with van der Waals surface area (Å²) in [5.74, 6) is 0.220. The Balaban J connectivity index is 1.49. The van der Waals surface area contributed by atoms with E-state index in [0.29, 0.717) is 19.4 Å². The first-order valence-corrected chi connectivity index (χ1v) is 11.9. The molecule has 0 bridgehead atoms. The number of nitro benzene ring substituents is 1. The van der Waals surface area contributed by atoms with E-state index < -0.39 is 26.7 Å². The van der Waals surface area contributed by atoms with E-state index in [2.05, 4.69) is 5.32 Å². The second kappa shape index (κ2) is 10.6. The molecule has 0 heterocycles. The third-order valence-electron chi connectivity index (χ3n) is 5.80. The third-order valence-corrected chi connectivity index (χ3v) is 7.75. The van der Waals surface area contributed by atoms with E-state index in [-0.39, 0.29) is 23.5 Å². The highest BCUT2D eigenvalue weighted by Crippen LogP contribution is 2.32. The highest BCUT2D eigenvalue weighted by atomic mass is 32.2. The molecule has 1 saturated carbocycles. The number of nitro groups is 1. The van der Waals surface area contributed by atoms with Gasteiger partial charge in [-0.05, 0) is 43.2 Å². The van der Waals surface area contributed by atoms with Gasteiger partial charge in [0.25, 0.3) is 5.69 Å². The maximum Gasteiger partial charge on any atom is 0.407 e. The van der Waals surface area contributed by atoms with Crippen molar-refractivity contribution in [3.8, 4) is 0 Å². The average molecular weight is 462 g/mol. The van der Waals surface area contributed by atoms with Gasteiger partial charge in [-0.25, -0.2) is 13.2 Å². The number of para-hydroxylation sites is 1. The number of rotatable bonds is 8. The van der Waals surface area contributed by atoms with Gasteiger partial charge in [-0.15, -0.1) is 0 Å². The molecule has 0 radical (unpaired) electrons. The molecule has 1 fully saturated rings.